The Kier molecular flexibility index (Phi) is 14.5. The lowest BCUT2D eigenvalue weighted by Gasteiger charge is -2.33. The van der Waals surface area contributed by atoms with Crippen LogP contribution >= 0.6 is 0 Å². The minimum atomic E-state index is -0.532. The molecule has 0 aromatic heterocycles. The van der Waals surface area contributed by atoms with Crippen LogP contribution in [0.2, 0.25) is 0 Å². The van der Waals surface area contributed by atoms with Gasteiger partial charge in [-0.2, -0.15) is 0 Å². The predicted molar refractivity (Wildman–Crippen MR) is 106 cm³/mol. The summed E-state index contributed by atoms with van der Waals surface area (Å²) in [5.74, 6) is 0.0709. The predicted octanol–water partition coefficient (Wildman–Crippen LogP) is 7.60. The van der Waals surface area contributed by atoms with Gasteiger partial charge >= 0.3 is 5.97 Å². The van der Waals surface area contributed by atoms with E-state index in [1.165, 1.54) is 51.4 Å². The van der Waals surface area contributed by atoms with Crippen molar-refractivity contribution in [1.29, 1.82) is 0 Å². The van der Waals surface area contributed by atoms with Crippen molar-refractivity contribution in [3.63, 3.8) is 0 Å². The molecule has 2 nitrogen and oxygen atoms in total. The Balaban J connectivity index is 4.90. The molecule has 1 N–H and O–H groups in total. The van der Waals surface area contributed by atoms with Crippen LogP contribution in [0.1, 0.15) is 124 Å². The molecule has 0 rings (SSSR count). The average Bonchev–Trinajstić information content (AvgIpc) is 2.56. The maximum Gasteiger partial charge on any atom is 0.309 e. The highest BCUT2D eigenvalue weighted by Crippen LogP contribution is 2.40. The van der Waals surface area contributed by atoms with Crippen LogP contribution in [-0.4, -0.2) is 11.1 Å². The molecule has 0 spiro atoms. The molecule has 0 fully saturated rings. The lowest BCUT2D eigenvalue weighted by molar-refractivity contribution is -0.151. The SMILES string of the molecule is CCCCCCC(CCCC)CC(CCC)(CCCCC)C(=O)O. The van der Waals surface area contributed by atoms with Gasteiger partial charge in [0.05, 0.1) is 5.41 Å². The molecule has 144 valence electrons. The summed E-state index contributed by atoms with van der Waals surface area (Å²) in [6.07, 6.45) is 17.1. The monoisotopic (exact) mass is 340 g/mol. The minimum Gasteiger partial charge on any atom is -0.481 e. The fourth-order valence-electron chi connectivity index (χ4n) is 4.08. The summed E-state index contributed by atoms with van der Waals surface area (Å²) < 4.78 is 0. The number of carbonyl (C=O) groups is 1. The van der Waals surface area contributed by atoms with Crippen LogP contribution in [0.5, 0.6) is 0 Å². The van der Waals surface area contributed by atoms with E-state index >= 15 is 0 Å². The van der Waals surface area contributed by atoms with Gasteiger partial charge in [0.15, 0.2) is 0 Å². The highest BCUT2D eigenvalue weighted by Gasteiger charge is 2.38. The molecule has 2 unspecified atom stereocenters. The minimum absolute atomic E-state index is 0.465. The Morgan fingerprint density at radius 3 is 1.88 bits per heavy atom. The summed E-state index contributed by atoms with van der Waals surface area (Å²) in [6, 6.07) is 0. The molecule has 0 saturated heterocycles. The van der Waals surface area contributed by atoms with Crippen LogP contribution in [-0.2, 0) is 4.79 Å². The Hall–Kier alpha value is -0.530. The molecule has 2 atom stereocenters. The summed E-state index contributed by atoms with van der Waals surface area (Å²) in [5, 5.41) is 10.0. The molecule has 0 saturated carbocycles. The van der Waals surface area contributed by atoms with Crippen LogP contribution in [0, 0.1) is 11.3 Å². The molecule has 2 heteroatoms. The first-order valence-corrected chi connectivity index (χ1v) is 10.8. The van der Waals surface area contributed by atoms with Gasteiger partial charge in [-0.05, 0) is 25.2 Å². The zero-order valence-corrected chi connectivity index (χ0v) is 17.0. The third-order valence-corrected chi connectivity index (χ3v) is 5.55. The molecule has 0 aliphatic heterocycles. The Labute approximate surface area is 151 Å². The summed E-state index contributed by atoms with van der Waals surface area (Å²) in [4.78, 5) is 12.2. The first-order chi connectivity index (χ1) is 11.6. The van der Waals surface area contributed by atoms with E-state index in [-0.39, 0.29) is 0 Å². The van der Waals surface area contributed by atoms with E-state index < -0.39 is 11.4 Å². The van der Waals surface area contributed by atoms with Gasteiger partial charge in [-0.25, -0.2) is 0 Å². The van der Waals surface area contributed by atoms with Crippen LogP contribution in [0.15, 0.2) is 0 Å². The van der Waals surface area contributed by atoms with E-state index in [1.807, 2.05) is 0 Å². The van der Waals surface area contributed by atoms with Crippen molar-refractivity contribution in [3.8, 4) is 0 Å². The molecule has 0 radical (unpaired) electrons. The first kappa shape index (κ1) is 23.5. The van der Waals surface area contributed by atoms with Crippen LogP contribution in [0.25, 0.3) is 0 Å². The van der Waals surface area contributed by atoms with E-state index in [9.17, 15) is 9.90 Å². The molecular formula is C22H44O2. The highest BCUT2D eigenvalue weighted by atomic mass is 16.4. The van der Waals surface area contributed by atoms with E-state index in [2.05, 4.69) is 27.7 Å². The first-order valence-electron chi connectivity index (χ1n) is 10.8. The molecule has 0 aliphatic rings. The average molecular weight is 341 g/mol. The molecular weight excluding hydrogens is 296 g/mol. The molecule has 0 aromatic rings. The third kappa shape index (κ3) is 9.69. The van der Waals surface area contributed by atoms with Crippen molar-refractivity contribution < 1.29 is 9.90 Å². The van der Waals surface area contributed by atoms with Crippen molar-refractivity contribution in [2.75, 3.05) is 0 Å². The van der Waals surface area contributed by atoms with Crippen molar-refractivity contribution in [3.05, 3.63) is 0 Å². The second kappa shape index (κ2) is 14.8. The number of hydrogen-bond acceptors (Lipinski definition) is 1. The lowest BCUT2D eigenvalue weighted by atomic mass is 9.70. The van der Waals surface area contributed by atoms with Crippen LogP contribution in [0.4, 0.5) is 0 Å². The molecule has 0 amide bonds. The Morgan fingerprint density at radius 2 is 1.33 bits per heavy atom. The zero-order chi connectivity index (χ0) is 18.3. The zero-order valence-electron chi connectivity index (χ0n) is 17.0. The number of rotatable bonds is 17. The van der Waals surface area contributed by atoms with Gasteiger partial charge in [0.1, 0.15) is 0 Å². The molecule has 0 aliphatic carbocycles. The molecule has 0 heterocycles. The van der Waals surface area contributed by atoms with Crippen molar-refractivity contribution >= 4 is 5.97 Å². The van der Waals surface area contributed by atoms with Crippen molar-refractivity contribution in [2.24, 2.45) is 11.3 Å². The second-order valence-electron chi connectivity index (χ2n) is 7.85. The van der Waals surface area contributed by atoms with E-state index in [1.54, 1.807) is 0 Å². The number of aliphatic carboxylic acids is 1. The normalized spacial score (nSPS) is 15.2. The van der Waals surface area contributed by atoms with Gasteiger partial charge in [-0.1, -0.05) is 105 Å². The largest absolute Gasteiger partial charge is 0.481 e. The molecule has 24 heavy (non-hydrogen) atoms. The topological polar surface area (TPSA) is 37.3 Å². The Bertz CT molecular complexity index is 300. The highest BCUT2D eigenvalue weighted by molar-refractivity contribution is 5.74. The summed E-state index contributed by atoms with van der Waals surface area (Å²) in [5.41, 5.74) is -0.465. The summed E-state index contributed by atoms with van der Waals surface area (Å²) in [7, 11) is 0. The van der Waals surface area contributed by atoms with Gasteiger partial charge in [0, 0.05) is 0 Å². The maximum atomic E-state index is 12.2. The van der Waals surface area contributed by atoms with E-state index in [0.717, 1.165) is 44.9 Å². The maximum absolute atomic E-state index is 12.2. The van der Waals surface area contributed by atoms with Crippen molar-refractivity contribution in [1.82, 2.24) is 0 Å². The van der Waals surface area contributed by atoms with Gasteiger partial charge in [0.25, 0.3) is 0 Å². The van der Waals surface area contributed by atoms with E-state index in [4.69, 9.17) is 0 Å². The Morgan fingerprint density at radius 1 is 0.750 bits per heavy atom. The van der Waals surface area contributed by atoms with E-state index in [0.29, 0.717) is 5.92 Å². The number of carboxylic acids is 1. The fourth-order valence-corrected chi connectivity index (χ4v) is 4.08. The fraction of sp³-hybridized carbons (Fsp3) is 0.955. The summed E-state index contributed by atoms with van der Waals surface area (Å²) in [6.45, 7) is 8.82. The number of unbranched alkanes of at least 4 members (excludes halogenated alkanes) is 6. The summed E-state index contributed by atoms with van der Waals surface area (Å²) >= 11 is 0. The lowest BCUT2D eigenvalue weighted by Crippen LogP contribution is -2.33. The number of carboxylic acid groups (broad SMARTS) is 1. The van der Waals surface area contributed by atoms with Crippen molar-refractivity contribution in [2.45, 2.75) is 124 Å². The quantitative estimate of drug-likeness (QED) is 0.277. The van der Waals surface area contributed by atoms with Gasteiger partial charge < -0.3 is 5.11 Å². The number of hydrogen-bond donors (Lipinski definition) is 1. The molecule has 0 bridgehead atoms. The molecule has 0 aromatic carbocycles. The standard InChI is InChI=1S/C22H44O2/c1-5-9-12-13-16-20(15-11-7-3)19-22(17-8-4,21(23)24)18-14-10-6-2/h20H,5-19H2,1-4H3,(H,23,24). The van der Waals surface area contributed by atoms with Gasteiger partial charge in [-0.3, -0.25) is 4.79 Å². The van der Waals surface area contributed by atoms with Gasteiger partial charge in [0.2, 0.25) is 0 Å². The van der Waals surface area contributed by atoms with Crippen LogP contribution in [0.3, 0.4) is 0 Å². The smallest absolute Gasteiger partial charge is 0.309 e. The van der Waals surface area contributed by atoms with Crippen LogP contribution < -0.4 is 0 Å². The van der Waals surface area contributed by atoms with Gasteiger partial charge in [-0.15, -0.1) is 0 Å². The third-order valence-electron chi connectivity index (χ3n) is 5.55. The second-order valence-corrected chi connectivity index (χ2v) is 7.85.